The third-order valence-electron chi connectivity index (χ3n) is 11.8. The first-order valence-corrected chi connectivity index (χ1v) is 20.3. The molecule has 59 heavy (non-hydrogen) atoms. The molecule has 11 aromatic rings. The van der Waals surface area contributed by atoms with Crippen LogP contribution in [-0.4, -0.2) is 0 Å². The van der Waals surface area contributed by atoms with Crippen LogP contribution in [0.25, 0.3) is 87.6 Å². The summed E-state index contributed by atoms with van der Waals surface area (Å²) in [4.78, 5) is 2.39. The van der Waals surface area contributed by atoms with Crippen LogP contribution < -0.4 is 4.90 Å². The van der Waals surface area contributed by atoms with Gasteiger partial charge in [0.1, 0.15) is 0 Å². The van der Waals surface area contributed by atoms with E-state index < -0.39 is 0 Å². The third-order valence-corrected chi connectivity index (χ3v) is 11.8. The Labute approximate surface area is 344 Å². The van der Waals surface area contributed by atoms with E-state index in [9.17, 15) is 0 Å². The van der Waals surface area contributed by atoms with Gasteiger partial charge >= 0.3 is 0 Å². The lowest BCUT2D eigenvalue weighted by molar-refractivity contribution is 1.28. The van der Waals surface area contributed by atoms with E-state index in [1.54, 1.807) is 0 Å². The van der Waals surface area contributed by atoms with Gasteiger partial charge in [-0.05, 0) is 136 Å². The normalized spacial score (nSPS) is 11.4. The maximum absolute atomic E-state index is 2.39. The van der Waals surface area contributed by atoms with Crippen LogP contribution in [0.2, 0.25) is 0 Å². The van der Waals surface area contributed by atoms with Gasteiger partial charge in [0.15, 0.2) is 0 Å². The molecule has 0 heterocycles. The molecule has 0 fully saturated rings. The minimum absolute atomic E-state index is 1.10. The van der Waals surface area contributed by atoms with Gasteiger partial charge < -0.3 is 4.90 Å². The van der Waals surface area contributed by atoms with Crippen molar-refractivity contribution in [1.82, 2.24) is 0 Å². The van der Waals surface area contributed by atoms with E-state index in [4.69, 9.17) is 0 Å². The monoisotopic (exact) mass is 749 g/mol. The van der Waals surface area contributed by atoms with Crippen molar-refractivity contribution in [3.05, 3.63) is 237 Å². The Kier molecular flexibility index (Phi) is 8.56. The minimum atomic E-state index is 1.10. The van der Waals surface area contributed by atoms with E-state index in [2.05, 4.69) is 241 Å². The molecular weight excluding hydrogens is 711 g/mol. The number of rotatable bonds is 7. The second-order valence-corrected chi connectivity index (χ2v) is 15.3. The molecule has 11 aromatic carbocycles. The molecule has 276 valence electrons. The standard InChI is InChI=1S/C58H39N/c1-2-13-40(14-3-1)41-25-27-42(28-26-41)43-29-33-48(34-30-43)59(49-35-31-44(32-36-49)57-38-46-15-4-6-19-51(46)53-21-8-10-23-55(53)57)50-18-12-17-45(37-50)58-39-47-16-5-7-20-52(47)54-22-9-11-24-56(54)58/h1-39H. The van der Waals surface area contributed by atoms with Gasteiger partial charge in [0, 0.05) is 17.1 Å². The first-order chi connectivity index (χ1) is 29.2. The van der Waals surface area contributed by atoms with Gasteiger partial charge in [0.25, 0.3) is 0 Å². The van der Waals surface area contributed by atoms with E-state index in [-0.39, 0.29) is 0 Å². The van der Waals surface area contributed by atoms with Gasteiger partial charge in [-0.15, -0.1) is 0 Å². The molecule has 0 aliphatic heterocycles. The number of benzene rings is 11. The fourth-order valence-electron chi connectivity index (χ4n) is 8.92. The van der Waals surface area contributed by atoms with E-state index in [0.717, 1.165) is 17.1 Å². The Morgan fingerprint density at radius 1 is 0.203 bits per heavy atom. The van der Waals surface area contributed by atoms with Gasteiger partial charge in [0.05, 0.1) is 0 Å². The maximum atomic E-state index is 2.39. The van der Waals surface area contributed by atoms with Crippen molar-refractivity contribution < 1.29 is 0 Å². The smallest absolute Gasteiger partial charge is 0.0467 e. The van der Waals surface area contributed by atoms with Gasteiger partial charge in [-0.3, -0.25) is 0 Å². The molecule has 0 radical (unpaired) electrons. The van der Waals surface area contributed by atoms with E-state index in [0.29, 0.717) is 0 Å². The highest BCUT2D eigenvalue weighted by Gasteiger charge is 2.17. The van der Waals surface area contributed by atoms with Crippen molar-refractivity contribution in [3.63, 3.8) is 0 Å². The average molecular weight is 750 g/mol. The topological polar surface area (TPSA) is 3.24 Å². The van der Waals surface area contributed by atoms with Crippen LogP contribution >= 0.6 is 0 Å². The molecule has 0 amide bonds. The summed E-state index contributed by atoms with van der Waals surface area (Å²) in [5, 5.41) is 10.1. The number of anilines is 3. The summed E-state index contributed by atoms with van der Waals surface area (Å²) in [6, 6.07) is 86.2. The van der Waals surface area contributed by atoms with Crippen LogP contribution in [0.3, 0.4) is 0 Å². The SMILES string of the molecule is c1ccc(-c2ccc(-c3ccc(N(c4ccc(-c5cc6ccccc6c6ccccc56)cc4)c4cccc(-c5cc6ccccc6c6ccccc56)c4)cc3)cc2)cc1. The summed E-state index contributed by atoms with van der Waals surface area (Å²) in [6.45, 7) is 0. The Bertz CT molecular complexity index is 3290. The van der Waals surface area contributed by atoms with Crippen molar-refractivity contribution in [2.24, 2.45) is 0 Å². The molecule has 0 aliphatic carbocycles. The first kappa shape index (κ1) is 34.5. The predicted molar refractivity (Wildman–Crippen MR) is 253 cm³/mol. The van der Waals surface area contributed by atoms with Crippen LogP contribution in [0.1, 0.15) is 0 Å². The zero-order chi connectivity index (χ0) is 39.1. The maximum Gasteiger partial charge on any atom is 0.0467 e. The quantitative estimate of drug-likeness (QED) is 0.147. The van der Waals surface area contributed by atoms with Crippen molar-refractivity contribution >= 4 is 60.2 Å². The minimum Gasteiger partial charge on any atom is -0.310 e. The molecule has 0 atom stereocenters. The highest BCUT2D eigenvalue weighted by molar-refractivity contribution is 6.15. The van der Waals surface area contributed by atoms with Crippen molar-refractivity contribution in [2.75, 3.05) is 4.90 Å². The number of hydrogen-bond acceptors (Lipinski definition) is 1. The van der Waals surface area contributed by atoms with Gasteiger partial charge in [-0.1, -0.05) is 188 Å². The van der Waals surface area contributed by atoms with Gasteiger partial charge in [0.2, 0.25) is 0 Å². The Morgan fingerprint density at radius 3 is 1.10 bits per heavy atom. The summed E-state index contributed by atoms with van der Waals surface area (Å²) >= 11 is 0. The highest BCUT2D eigenvalue weighted by Crippen LogP contribution is 2.42. The molecule has 1 heteroatoms. The summed E-state index contributed by atoms with van der Waals surface area (Å²) in [5.41, 5.74) is 13.0. The van der Waals surface area contributed by atoms with Gasteiger partial charge in [-0.25, -0.2) is 0 Å². The summed E-state index contributed by atoms with van der Waals surface area (Å²) < 4.78 is 0. The lowest BCUT2D eigenvalue weighted by Crippen LogP contribution is -2.10. The largest absolute Gasteiger partial charge is 0.310 e. The summed E-state index contributed by atoms with van der Waals surface area (Å²) in [5.74, 6) is 0. The molecule has 0 aromatic heterocycles. The zero-order valence-electron chi connectivity index (χ0n) is 32.5. The zero-order valence-corrected chi connectivity index (χ0v) is 32.5. The molecule has 0 saturated heterocycles. The summed E-state index contributed by atoms with van der Waals surface area (Å²) in [6.07, 6.45) is 0. The Morgan fingerprint density at radius 2 is 0.576 bits per heavy atom. The molecule has 0 aliphatic rings. The van der Waals surface area contributed by atoms with Crippen molar-refractivity contribution in [2.45, 2.75) is 0 Å². The summed E-state index contributed by atoms with van der Waals surface area (Å²) in [7, 11) is 0. The van der Waals surface area contributed by atoms with Crippen LogP contribution in [-0.2, 0) is 0 Å². The van der Waals surface area contributed by atoms with E-state index in [1.807, 2.05) is 0 Å². The predicted octanol–water partition coefficient (Wildman–Crippen LogP) is 16.4. The Balaban J connectivity index is 1.02. The number of fused-ring (bicyclic) bond motifs is 6. The number of hydrogen-bond donors (Lipinski definition) is 0. The van der Waals surface area contributed by atoms with E-state index >= 15 is 0 Å². The van der Waals surface area contributed by atoms with E-state index in [1.165, 1.54) is 87.6 Å². The van der Waals surface area contributed by atoms with Crippen LogP contribution in [0.5, 0.6) is 0 Å². The van der Waals surface area contributed by atoms with Gasteiger partial charge in [-0.2, -0.15) is 0 Å². The van der Waals surface area contributed by atoms with Crippen LogP contribution in [0.15, 0.2) is 237 Å². The van der Waals surface area contributed by atoms with Crippen LogP contribution in [0.4, 0.5) is 17.1 Å². The second kappa shape index (κ2) is 14.6. The molecular formula is C58H39N. The fourth-order valence-corrected chi connectivity index (χ4v) is 8.92. The highest BCUT2D eigenvalue weighted by atomic mass is 15.1. The number of nitrogens with zero attached hydrogens (tertiary/aromatic N) is 1. The lowest BCUT2D eigenvalue weighted by Gasteiger charge is -2.27. The molecule has 0 bridgehead atoms. The molecule has 0 N–H and O–H groups in total. The molecule has 0 spiro atoms. The molecule has 1 nitrogen and oxygen atoms in total. The van der Waals surface area contributed by atoms with Crippen LogP contribution in [0, 0.1) is 0 Å². The lowest BCUT2D eigenvalue weighted by atomic mass is 9.93. The molecule has 0 unspecified atom stereocenters. The first-order valence-electron chi connectivity index (χ1n) is 20.3. The Hall–Kier alpha value is -7.74. The second-order valence-electron chi connectivity index (χ2n) is 15.3. The van der Waals surface area contributed by atoms with Crippen molar-refractivity contribution in [1.29, 1.82) is 0 Å². The van der Waals surface area contributed by atoms with Crippen molar-refractivity contribution in [3.8, 4) is 44.5 Å². The average Bonchev–Trinajstić information content (AvgIpc) is 3.32. The third kappa shape index (κ3) is 6.30. The fraction of sp³-hybridized carbons (Fsp3) is 0. The molecule has 11 rings (SSSR count). The molecule has 0 saturated carbocycles.